The van der Waals surface area contributed by atoms with E-state index in [1.807, 2.05) is 18.2 Å². The number of benzene rings is 1. The minimum atomic E-state index is -1.05. The third-order valence-corrected chi connectivity index (χ3v) is 4.50. The lowest BCUT2D eigenvalue weighted by atomic mass is 9.61. The van der Waals surface area contributed by atoms with Crippen molar-refractivity contribution in [1.29, 1.82) is 0 Å². The smallest absolute Gasteiger partial charge is 0.306 e. The monoisotopic (exact) mass is 258 g/mol. The lowest BCUT2D eigenvalue weighted by molar-refractivity contribution is -0.147. The molecule has 0 radical (unpaired) electrons. The van der Waals surface area contributed by atoms with Crippen LogP contribution in [0.4, 0.5) is 0 Å². The third-order valence-electron chi connectivity index (χ3n) is 4.50. The molecule has 2 N–H and O–H groups in total. The summed E-state index contributed by atoms with van der Waals surface area (Å²) in [5.41, 5.74) is 1.44. The minimum absolute atomic E-state index is 0.0243. The van der Waals surface area contributed by atoms with Gasteiger partial charge < -0.3 is 10.2 Å². The van der Waals surface area contributed by atoms with Crippen LogP contribution in [-0.2, 0) is 4.79 Å². The molecular weight excluding hydrogens is 240 g/mol. The van der Waals surface area contributed by atoms with Crippen LogP contribution in [0.3, 0.4) is 0 Å². The first-order chi connectivity index (χ1) is 9.08. The Morgan fingerprint density at radius 2 is 2.00 bits per heavy atom. The average molecular weight is 258 g/mol. The first kappa shape index (κ1) is 12.4. The number of carbonyl (C=O) groups is 1. The van der Waals surface area contributed by atoms with E-state index in [1.165, 1.54) is 11.1 Å². The number of allylic oxidation sites excluding steroid dienone is 1. The molecule has 0 aliphatic heterocycles. The number of carboxylic acid groups (broad SMARTS) is 1. The van der Waals surface area contributed by atoms with Crippen LogP contribution in [-0.4, -0.2) is 21.8 Å². The highest BCUT2D eigenvalue weighted by Crippen LogP contribution is 2.50. The fraction of sp³-hybridized carbons (Fsp3) is 0.438. The van der Waals surface area contributed by atoms with E-state index in [0.717, 1.165) is 12.8 Å². The Morgan fingerprint density at radius 1 is 1.26 bits per heavy atom. The van der Waals surface area contributed by atoms with Crippen LogP contribution in [0.5, 0.6) is 0 Å². The second kappa shape index (κ2) is 4.49. The molecule has 1 fully saturated rings. The molecule has 3 aliphatic rings. The van der Waals surface area contributed by atoms with Crippen molar-refractivity contribution in [3.05, 3.63) is 42.0 Å². The SMILES string of the molecule is O=C(O)C[C@]1(O)C[C@H]2CC[C@@H]1C=C2c1ccccc1. The van der Waals surface area contributed by atoms with Gasteiger partial charge in [-0.1, -0.05) is 36.4 Å². The van der Waals surface area contributed by atoms with Gasteiger partial charge in [-0.05, 0) is 36.3 Å². The molecule has 0 heterocycles. The summed E-state index contributed by atoms with van der Waals surface area (Å²) in [5, 5.41) is 19.5. The predicted molar refractivity (Wildman–Crippen MR) is 72.5 cm³/mol. The number of hydrogen-bond acceptors (Lipinski definition) is 2. The maximum atomic E-state index is 10.9. The molecule has 4 rings (SSSR count). The second-order valence-corrected chi connectivity index (χ2v) is 5.75. The van der Waals surface area contributed by atoms with Gasteiger partial charge in [0.05, 0.1) is 12.0 Å². The molecule has 1 saturated carbocycles. The van der Waals surface area contributed by atoms with Crippen LogP contribution < -0.4 is 0 Å². The molecule has 0 saturated heterocycles. The fourth-order valence-corrected chi connectivity index (χ4v) is 3.61. The van der Waals surface area contributed by atoms with Crippen molar-refractivity contribution in [3.8, 4) is 0 Å². The molecule has 100 valence electrons. The van der Waals surface area contributed by atoms with Gasteiger partial charge in [0.15, 0.2) is 0 Å². The van der Waals surface area contributed by atoms with Crippen LogP contribution in [0, 0.1) is 11.8 Å². The summed E-state index contributed by atoms with van der Waals surface area (Å²) in [6.07, 6.45) is 4.48. The molecule has 3 aliphatic carbocycles. The van der Waals surface area contributed by atoms with Crippen LogP contribution >= 0.6 is 0 Å². The molecule has 1 aromatic carbocycles. The molecule has 19 heavy (non-hydrogen) atoms. The van der Waals surface area contributed by atoms with E-state index in [1.54, 1.807) is 0 Å². The van der Waals surface area contributed by atoms with Crippen LogP contribution in [0.25, 0.3) is 5.57 Å². The Hall–Kier alpha value is -1.61. The van der Waals surface area contributed by atoms with Crippen molar-refractivity contribution in [2.75, 3.05) is 0 Å². The van der Waals surface area contributed by atoms with Gasteiger partial charge >= 0.3 is 5.97 Å². The first-order valence-electron chi connectivity index (χ1n) is 6.80. The van der Waals surface area contributed by atoms with Crippen molar-refractivity contribution in [1.82, 2.24) is 0 Å². The second-order valence-electron chi connectivity index (χ2n) is 5.75. The number of rotatable bonds is 3. The van der Waals surface area contributed by atoms with E-state index in [2.05, 4.69) is 18.2 Å². The zero-order valence-corrected chi connectivity index (χ0v) is 10.7. The lowest BCUT2D eigenvalue weighted by Crippen LogP contribution is -2.47. The summed E-state index contributed by atoms with van der Waals surface area (Å²) in [7, 11) is 0. The first-order valence-corrected chi connectivity index (χ1v) is 6.80. The molecule has 0 unspecified atom stereocenters. The number of aliphatic carboxylic acids is 1. The topological polar surface area (TPSA) is 57.5 Å². The Balaban J connectivity index is 1.92. The summed E-state index contributed by atoms with van der Waals surface area (Å²) in [6, 6.07) is 10.2. The zero-order chi connectivity index (χ0) is 13.5. The molecule has 3 nitrogen and oxygen atoms in total. The molecule has 3 heteroatoms. The van der Waals surface area contributed by atoms with Gasteiger partial charge in [0.25, 0.3) is 0 Å². The summed E-state index contributed by atoms with van der Waals surface area (Å²) < 4.78 is 0. The molecule has 1 aromatic rings. The van der Waals surface area contributed by atoms with Crippen molar-refractivity contribution in [3.63, 3.8) is 0 Å². The standard InChI is InChI=1S/C16H18O3/c17-15(18)10-16(19)9-12-6-7-13(16)8-14(12)11-4-2-1-3-5-11/h1-5,8,12-13,19H,6-7,9-10H2,(H,17,18)/t12-,13-,16-/m1/s1. The lowest BCUT2D eigenvalue weighted by Gasteiger charge is -2.47. The number of carboxylic acids is 1. The van der Waals surface area contributed by atoms with E-state index in [4.69, 9.17) is 5.11 Å². The Kier molecular flexibility index (Phi) is 2.94. The highest BCUT2D eigenvalue weighted by molar-refractivity contribution is 5.72. The minimum Gasteiger partial charge on any atom is -0.481 e. The van der Waals surface area contributed by atoms with Gasteiger partial charge in [-0.25, -0.2) is 0 Å². The number of hydrogen-bond donors (Lipinski definition) is 2. The van der Waals surface area contributed by atoms with E-state index < -0.39 is 11.6 Å². The van der Waals surface area contributed by atoms with E-state index >= 15 is 0 Å². The largest absolute Gasteiger partial charge is 0.481 e. The van der Waals surface area contributed by atoms with Crippen molar-refractivity contribution >= 4 is 11.5 Å². The maximum absolute atomic E-state index is 10.9. The summed E-state index contributed by atoms with van der Waals surface area (Å²) in [4.78, 5) is 10.9. The fourth-order valence-electron chi connectivity index (χ4n) is 3.61. The van der Waals surface area contributed by atoms with Crippen molar-refractivity contribution in [2.45, 2.75) is 31.3 Å². The highest BCUT2D eigenvalue weighted by atomic mass is 16.4. The van der Waals surface area contributed by atoms with Crippen LogP contribution in [0.2, 0.25) is 0 Å². The van der Waals surface area contributed by atoms with Gasteiger partial charge in [-0.15, -0.1) is 0 Å². The zero-order valence-electron chi connectivity index (χ0n) is 10.7. The predicted octanol–water partition coefficient (Wildman–Crippen LogP) is 2.71. The average Bonchev–Trinajstić information content (AvgIpc) is 2.39. The Morgan fingerprint density at radius 3 is 2.58 bits per heavy atom. The summed E-state index contributed by atoms with van der Waals surface area (Å²) in [5.74, 6) is -0.648. The van der Waals surface area contributed by atoms with Gasteiger partial charge in [-0.3, -0.25) is 4.79 Å². The Bertz CT molecular complexity index is 520. The molecule has 0 spiro atoms. The van der Waals surface area contributed by atoms with Gasteiger partial charge in [0.2, 0.25) is 0 Å². The normalized spacial score (nSPS) is 33.0. The van der Waals surface area contributed by atoms with Crippen LogP contribution in [0.1, 0.15) is 31.2 Å². The maximum Gasteiger partial charge on any atom is 0.306 e. The number of fused-ring (bicyclic) bond motifs is 2. The highest BCUT2D eigenvalue weighted by Gasteiger charge is 2.47. The van der Waals surface area contributed by atoms with E-state index in [-0.39, 0.29) is 18.3 Å². The molecule has 3 atom stereocenters. The molecule has 2 bridgehead atoms. The summed E-state index contributed by atoms with van der Waals surface area (Å²) >= 11 is 0. The quantitative estimate of drug-likeness (QED) is 0.876. The van der Waals surface area contributed by atoms with Gasteiger partial charge in [-0.2, -0.15) is 0 Å². The van der Waals surface area contributed by atoms with Crippen molar-refractivity contribution in [2.24, 2.45) is 11.8 Å². The van der Waals surface area contributed by atoms with Crippen LogP contribution in [0.15, 0.2) is 36.4 Å². The van der Waals surface area contributed by atoms with E-state index in [0.29, 0.717) is 6.42 Å². The molecule has 0 aromatic heterocycles. The number of aliphatic hydroxyl groups is 1. The van der Waals surface area contributed by atoms with Gasteiger partial charge in [0, 0.05) is 5.92 Å². The van der Waals surface area contributed by atoms with Gasteiger partial charge in [0.1, 0.15) is 0 Å². The Labute approximate surface area is 112 Å². The summed E-state index contributed by atoms with van der Waals surface area (Å²) in [6.45, 7) is 0. The molecular formula is C16H18O3. The third kappa shape index (κ3) is 2.19. The van der Waals surface area contributed by atoms with E-state index in [9.17, 15) is 9.90 Å². The van der Waals surface area contributed by atoms with Crippen molar-refractivity contribution < 1.29 is 15.0 Å². The molecule has 0 amide bonds.